The smallest absolute Gasteiger partial charge is 0.153 e. The normalized spacial score (nSPS) is 11.1. The van der Waals surface area contributed by atoms with E-state index in [4.69, 9.17) is 5.73 Å². The molecule has 1 aromatic heterocycles. The molecule has 6 heteroatoms. The molecule has 0 atom stereocenters. The van der Waals surface area contributed by atoms with Crippen molar-refractivity contribution in [2.24, 2.45) is 0 Å². The second-order valence-electron chi connectivity index (χ2n) is 4.11. The fraction of sp³-hybridized carbons (Fsp3) is 0. The summed E-state index contributed by atoms with van der Waals surface area (Å²) in [6, 6.07) is 7.25. The third-order valence-electron chi connectivity index (χ3n) is 2.78. The minimum absolute atomic E-state index is 0.115. The van der Waals surface area contributed by atoms with Crippen LogP contribution in [0, 0.1) is 11.6 Å². The Hall–Kier alpha value is -1.95. The largest absolute Gasteiger partial charge is 0.398 e. The van der Waals surface area contributed by atoms with Crippen molar-refractivity contribution in [1.82, 2.24) is 9.97 Å². The standard InChI is InChI=1S/C13H8BrF2N3/c14-8-3-6(1-2-10(8)17)13-18-11-5-7(15)4-9(16)12(11)19-13/h1-5H,17H2,(H,18,19). The Bertz CT molecular complexity index is 783. The van der Waals surface area contributed by atoms with Crippen LogP contribution in [0.3, 0.4) is 0 Å². The van der Waals surface area contributed by atoms with E-state index >= 15 is 0 Å². The molecule has 2 aromatic carbocycles. The lowest BCUT2D eigenvalue weighted by molar-refractivity contribution is 0.591. The van der Waals surface area contributed by atoms with Gasteiger partial charge in [0.15, 0.2) is 5.82 Å². The molecular weight excluding hydrogens is 316 g/mol. The Morgan fingerprint density at radius 3 is 2.68 bits per heavy atom. The molecule has 0 aliphatic carbocycles. The Kier molecular flexibility index (Phi) is 2.74. The van der Waals surface area contributed by atoms with Crippen LogP contribution in [-0.4, -0.2) is 9.97 Å². The number of hydrogen-bond acceptors (Lipinski definition) is 2. The van der Waals surface area contributed by atoms with E-state index < -0.39 is 11.6 Å². The zero-order valence-corrected chi connectivity index (χ0v) is 11.1. The van der Waals surface area contributed by atoms with Gasteiger partial charge in [0, 0.05) is 21.8 Å². The van der Waals surface area contributed by atoms with Gasteiger partial charge in [-0.15, -0.1) is 0 Å². The third-order valence-corrected chi connectivity index (χ3v) is 3.47. The van der Waals surface area contributed by atoms with Crippen LogP contribution in [0.25, 0.3) is 22.4 Å². The summed E-state index contributed by atoms with van der Waals surface area (Å²) in [6.07, 6.45) is 0. The summed E-state index contributed by atoms with van der Waals surface area (Å²) in [5.41, 5.74) is 7.46. The lowest BCUT2D eigenvalue weighted by Crippen LogP contribution is -1.87. The number of benzene rings is 2. The molecule has 0 amide bonds. The van der Waals surface area contributed by atoms with Crippen LogP contribution < -0.4 is 5.73 Å². The van der Waals surface area contributed by atoms with Gasteiger partial charge in [-0.05, 0) is 40.2 Å². The second-order valence-corrected chi connectivity index (χ2v) is 4.96. The number of rotatable bonds is 1. The van der Waals surface area contributed by atoms with Crippen LogP contribution in [0.1, 0.15) is 0 Å². The van der Waals surface area contributed by atoms with E-state index in [0.717, 1.165) is 16.1 Å². The number of aromatic amines is 1. The topological polar surface area (TPSA) is 54.7 Å². The number of nitrogens with one attached hydrogen (secondary N) is 1. The number of aromatic nitrogens is 2. The van der Waals surface area contributed by atoms with Crippen molar-refractivity contribution in [1.29, 1.82) is 0 Å². The van der Waals surface area contributed by atoms with Gasteiger partial charge >= 0.3 is 0 Å². The zero-order chi connectivity index (χ0) is 13.6. The number of nitrogen functional groups attached to an aromatic ring is 1. The van der Waals surface area contributed by atoms with E-state index in [2.05, 4.69) is 25.9 Å². The minimum atomic E-state index is -0.688. The number of H-pyrrole nitrogens is 1. The summed E-state index contributed by atoms with van der Waals surface area (Å²) >= 11 is 3.31. The molecule has 3 rings (SSSR count). The molecule has 19 heavy (non-hydrogen) atoms. The monoisotopic (exact) mass is 323 g/mol. The minimum Gasteiger partial charge on any atom is -0.398 e. The summed E-state index contributed by atoms with van der Waals surface area (Å²) in [5.74, 6) is -0.870. The number of nitrogens with zero attached hydrogens (tertiary/aromatic N) is 1. The highest BCUT2D eigenvalue weighted by atomic mass is 79.9. The molecule has 0 aliphatic rings. The lowest BCUT2D eigenvalue weighted by Gasteiger charge is -2.00. The van der Waals surface area contributed by atoms with Crippen LogP contribution >= 0.6 is 15.9 Å². The number of nitrogens with two attached hydrogens (primary N) is 1. The maximum atomic E-state index is 13.6. The van der Waals surface area contributed by atoms with Crippen LogP contribution in [0.4, 0.5) is 14.5 Å². The highest BCUT2D eigenvalue weighted by Crippen LogP contribution is 2.28. The lowest BCUT2D eigenvalue weighted by atomic mass is 10.2. The van der Waals surface area contributed by atoms with Gasteiger partial charge in [0.25, 0.3) is 0 Å². The van der Waals surface area contributed by atoms with Crippen LogP contribution in [-0.2, 0) is 0 Å². The van der Waals surface area contributed by atoms with Crippen molar-refractivity contribution in [2.75, 3.05) is 5.73 Å². The molecule has 0 saturated carbocycles. The van der Waals surface area contributed by atoms with Gasteiger partial charge in [0.1, 0.15) is 17.2 Å². The van der Waals surface area contributed by atoms with E-state index in [1.165, 1.54) is 6.07 Å². The fourth-order valence-corrected chi connectivity index (χ4v) is 2.23. The predicted molar refractivity (Wildman–Crippen MR) is 73.6 cm³/mol. The first-order valence-corrected chi connectivity index (χ1v) is 6.24. The molecule has 0 fully saturated rings. The molecular formula is C13H8BrF2N3. The highest BCUT2D eigenvalue weighted by Gasteiger charge is 2.11. The predicted octanol–water partition coefficient (Wildman–Crippen LogP) is 3.85. The van der Waals surface area contributed by atoms with Gasteiger partial charge in [-0.3, -0.25) is 0 Å². The maximum Gasteiger partial charge on any atom is 0.153 e. The summed E-state index contributed by atoms with van der Waals surface area (Å²) in [7, 11) is 0. The van der Waals surface area contributed by atoms with Crippen LogP contribution in [0.5, 0.6) is 0 Å². The molecule has 1 heterocycles. The zero-order valence-electron chi connectivity index (χ0n) is 9.55. The number of fused-ring (bicyclic) bond motifs is 1. The van der Waals surface area contributed by atoms with Crippen molar-refractivity contribution in [3.8, 4) is 11.4 Å². The average Bonchev–Trinajstić information content (AvgIpc) is 2.76. The van der Waals surface area contributed by atoms with Crippen molar-refractivity contribution in [3.05, 3.63) is 46.4 Å². The average molecular weight is 324 g/mol. The molecule has 3 N–H and O–H groups in total. The van der Waals surface area contributed by atoms with Gasteiger partial charge in [-0.1, -0.05) is 0 Å². The molecule has 0 saturated heterocycles. The Morgan fingerprint density at radius 2 is 1.95 bits per heavy atom. The second kappa shape index (κ2) is 4.31. The SMILES string of the molecule is Nc1ccc(-c2nc3c(F)cc(F)cc3[nH]2)cc1Br. The number of hydrogen-bond donors (Lipinski definition) is 2. The first-order chi connectivity index (χ1) is 9.04. The number of anilines is 1. The van der Waals surface area contributed by atoms with E-state index in [1.54, 1.807) is 18.2 Å². The Labute approximate surface area is 115 Å². The molecule has 3 nitrogen and oxygen atoms in total. The quantitative estimate of drug-likeness (QED) is 0.668. The van der Waals surface area contributed by atoms with Gasteiger partial charge in [0.2, 0.25) is 0 Å². The van der Waals surface area contributed by atoms with Crippen molar-refractivity contribution in [3.63, 3.8) is 0 Å². The molecule has 0 unspecified atom stereocenters. The van der Waals surface area contributed by atoms with Gasteiger partial charge in [-0.25, -0.2) is 13.8 Å². The van der Waals surface area contributed by atoms with Gasteiger partial charge in [0.05, 0.1) is 5.52 Å². The molecule has 0 spiro atoms. The summed E-state index contributed by atoms with van der Waals surface area (Å²) in [6.45, 7) is 0. The van der Waals surface area contributed by atoms with Crippen molar-refractivity contribution in [2.45, 2.75) is 0 Å². The van der Waals surface area contributed by atoms with Crippen LogP contribution in [0.2, 0.25) is 0 Å². The fourth-order valence-electron chi connectivity index (χ4n) is 1.85. The molecule has 0 aliphatic heterocycles. The first kappa shape index (κ1) is 12.1. The molecule has 3 aromatic rings. The maximum absolute atomic E-state index is 13.6. The molecule has 96 valence electrons. The summed E-state index contributed by atoms with van der Waals surface area (Å²) < 4.78 is 27.4. The summed E-state index contributed by atoms with van der Waals surface area (Å²) in [5, 5.41) is 0. The number of imidazole rings is 1. The first-order valence-electron chi connectivity index (χ1n) is 5.45. The van der Waals surface area contributed by atoms with Crippen molar-refractivity contribution < 1.29 is 8.78 Å². The van der Waals surface area contributed by atoms with E-state index in [0.29, 0.717) is 17.0 Å². The highest BCUT2D eigenvalue weighted by molar-refractivity contribution is 9.10. The van der Waals surface area contributed by atoms with Gasteiger partial charge < -0.3 is 10.7 Å². The van der Waals surface area contributed by atoms with Crippen molar-refractivity contribution >= 4 is 32.7 Å². The number of halogens is 3. The van der Waals surface area contributed by atoms with E-state index in [-0.39, 0.29) is 5.52 Å². The van der Waals surface area contributed by atoms with Gasteiger partial charge in [-0.2, -0.15) is 0 Å². The van der Waals surface area contributed by atoms with Crippen LogP contribution in [0.15, 0.2) is 34.8 Å². The van der Waals surface area contributed by atoms with E-state index in [1.807, 2.05) is 0 Å². The Balaban J connectivity index is 2.20. The van der Waals surface area contributed by atoms with E-state index in [9.17, 15) is 8.78 Å². The molecule has 0 bridgehead atoms. The third kappa shape index (κ3) is 2.08. The molecule has 0 radical (unpaired) electrons. The Morgan fingerprint density at radius 1 is 1.16 bits per heavy atom. The summed E-state index contributed by atoms with van der Waals surface area (Å²) in [4.78, 5) is 7.02.